The molecule has 0 heterocycles. The van der Waals surface area contributed by atoms with Gasteiger partial charge in [0.15, 0.2) is 0 Å². The van der Waals surface area contributed by atoms with E-state index in [4.69, 9.17) is 14.6 Å². The lowest BCUT2D eigenvalue weighted by Crippen LogP contribution is -2.16. The standard InChI is InChI=1S/C11H16O3/c1-9(13-2)8-14-11-6-4-3-5-10(11)7-12/h3-6,9,12H,7-8H2,1-2H3. The second kappa shape index (κ2) is 5.62. The zero-order valence-electron chi connectivity index (χ0n) is 8.56. The Morgan fingerprint density at radius 3 is 2.71 bits per heavy atom. The molecule has 3 heteroatoms. The fourth-order valence-corrected chi connectivity index (χ4v) is 1.05. The zero-order chi connectivity index (χ0) is 10.4. The van der Waals surface area contributed by atoms with Crippen LogP contribution in [0, 0.1) is 0 Å². The van der Waals surface area contributed by atoms with Gasteiger partial charge in [0.1, 0.15) is 12.4 Å². The van der Waals surface area contributed by atoms with Gasteiger partial charge in [0, 0.05) is 12.7 Å². The molecule has 0 amide bonds. The van der Waals surface area contributed by atoms with Crippen LogP contribution in [-0.4, -0.2) is 24.9 Å². The SMILES string of the molecule is COC(C)COc1ccccc1CO. The van der Waals surface area contributed by atoms with Crippen molar-refractivity contribution in [2.75, 3.05) is 13.7 Å². The first-order valence-corrected chi connectivity index (χ1v) is 4.62. The quantitative estimate of drug-likeness (QED) is 0.777. The molecule has 0 saturated carbocycles. The fraction of sp³-hybridized carbons (Fsp3) is 0.455. The van der Waals surface area contributed by atoms with Crippen LogP contribution in [0.2, 0.25) is 0 Å². The summed E-state index contributed by atoms with van der Waals surface area (Å²) in [5, 5.41) is 9.03. The molecule has 0 spiro atoms. The topological polar surface area (TPSA) is 38.7 Å². The van der Waals surface area contributed by atoms with Gasteiger partial charge in [0.05, 0.1) is 12.7 Å². The predicted octanol–water partition coefficient (Wildman–Crippen LogP) is 1.59. The van der Waals surface area contributed by atoms with E-state index in [2.05, 4.69) is 0 Å². The van der Waals surface area contributed by atoms with Crippen molar-refractivity contribution < 1.29 is 14.6 Å². The van der Waals surface area contributed by atoms with Crippen molar-refractivity contribution in [1.29, 1.82) is 0 Å². The van der Waals surface area contributed by atoms with Crippen LogP contribution in [0.4, 0.5) is 0 Å². The number of rotatable bonds is 5. The molecule has 0 aromatic heterocycles. The maximum absolute atomic E-state index is 9.03. The Kier molecular flexibility index (Phi) is 4.43. The third-order valence-corrected chi connectivity index (χ3v) is 2.02. The molecule has 0 bridgehead atoms. The summed E-state index contributed by atoms with van der Waals surface area (Å²) < 4.78 is 10.6. The highest BCUT2D eigenvalue weighted by Gasteiger charge is 2.04. The minimum absolute atomic E-state index is 0.00244. The van der Waals surface area contributed by atoms with E-state index < -0.39 is 0 Å². The molecule has 1 N–H and O–H groups in total. The van der Waals surface area contributed by atoms with Gasteiger partial charge < -0.3 is 14.6 Å². The summed E-state index contributed by atoms with van der Waals surface area (Å²) in [5.41, 5.74) is 0.802. The molecule has 0 fully saturated rings. The van der Waals surface area contributed by atoms with Crippen LogP contribution in [0.1, 0.15) is 12.5 Å². The van der Waals surface area contributed by atoms with Gasteiger partial charge in [-0.2, -0.15) is 0 Å². The molecule has 3 nitrogen and oxygen atoms in total. The Bertz CT molecular complexity index is 273. The second-order valence-corrected chi connectivity index (χ2v) is 3.12. The minimum atomic E-state index is -0.00244. The molecular weight excluding hydrogens is 180 g/mol. The third kappa shape index (κ3) is 3.01. The van der Waals surface area contributed by atoms with Gasteiger partial charge in [-0.15, -0.1) is 0 Å². The molecule has 78 valence electrons. The summed E-state index contributed by atoms with van der Waals surface area (Å²) in [6.07, 6.45) is 0.0572. The molecule has 0 aliphatic carbocycles. The van der Waals surface area contributed by atoms with Gasteiger partial charge >= 0.3 is 0 Å². The normalized spacial score (nSPS) is 12.5. The van der Waals surface area contributed by atoms with Crippen LogP contribution in [0.15, 0.2) is 24.3 Å². The number of aliphatic hydroxyl groups excluding tert-OH is 1. The number of ether oxygens (including phenoxy) is 2. The molecule has 14 heavy (non-hydrogen) atoms. The Morgan fingerprint density at radius 2 is 2.07 bits per heavy atom. The highest BCUT2D eigenvalue weighted by Crippen LogP contribution is 2.17. The summed E-state index contributed by atoms with van der Waals surface area (Å²) in [5.74, 6) is 0.721. The largest absolute Gasteiger partial charge is 0.491 e. The van der Waals surface area contributed by atoms with Gasteiger partial charge in [-0.1, -0.05) is 18.2 Å². The lowest BCUT2D eigenvalue weighted by atomic mass is 10.2. The number of hydrogen-bond acceptors (Lipinski definition) is 3. The number of para-hydroxylation sites is 1. The predicted molar refractivity (Wildman–Crippen MR) is 54.3 cm³/mol. The maximum Gasteiger partial charge on any atom is 0.124 e. The van der Waals surface area contributed by atoms with E-state index in [1.165, 1.54) is 0 Å². The Labute approximate surface area is 84.3 Å². The van der Waals surface area contributed by atoms with E-state index >= 15 is 0 Å². The van der Waals surface area contributed by atoms with Gasteiger partial charge in [0.25, 0.3) is 0 Å². The van der Waals surface area contributed by atoms with Crippen LogP contribution in [0.5, 0.6) is 5.75 Å². The molecule has 1 rings (SSSR count). The van der Waals surface area contributed by atoms with Crippen LogP contribution >= 0.6 is 0 Å². The monoisotopic (exact) mass is 196 g/mol. The average molecular weight is 196 g/mol. The van der Waals surface area contributed by atoms with Crippen LogP contribution in [0.3, 0.4) is 0 Å². The smallest absolute Gasteiger partial charge is 0.124 e. The van der Waals surface area contributed by atoms with Crippen LogP contribution in [-0.2, 0) is 11.3 Å². The molecule has 0 saturated heterocycles. The van der Waals surface area contributed by atoms with Crippen molar-refractivity contribution in [3.63, 3.8) is 0 Å². The van der Waals surface area contributed by atoms with E-state index in [1.54, 1.807) is 7.11 Å². The van der Waals surface area contributed by atoms with Gasteiger partial charge in [-0.25, -0.2) is 0 Å². The molecule has 1 unspecified atom stereocenters. The summed E-state index contributed by atoms with van der Waals surface area (Å²) in [6.45, 7) is 2.42. The number of methoxy groups -OCH3 is 1. The first-order valence-electron chi connectivity index (χ1n) is 4.62. The van der Waals surface area contributed by atoms with Crippen molar-refractivity contribution >= 4 is 0 Å². The number of benzene rings is 1. The summed E-state index contributed by atoms with van der Waals surface area (Å²) in [6, 6.07) is 7.44. The first kappa shape index (κ1) is 11.0. The number of hydrogen-bond donors (Lipinski definition) is 1. The van der Waals surface area contributed by atoms with Crippen molar-refractivity contribution in [2.45, 2.75) is 19.6 Å². The van der Waals surface area contributed by atoms with Crippen LogP contribution < -0.4 is 4.74 Å². The van der Waals surface area contributed by atoms with Gasteiger partial charge in [0.2, 0.25) is 0 Å². The Morgan fingerprint density at radius 1 is 1.36 bits per heavy atom. The lowest BCUT2D eigenvalue weighted by Gasteiger charge is -2.13. The summed E-state index contributed by atoms with van der Waals surface area (Å²) in [7, 11) is 1.64. The summed E-state index contributed by atoms with van der Waals surface area (Å²) in [4.78, 5) is 0. The highest BCUT2D eigenvalue weighted by atomic mass is 16.5. The first-order chi connectivity index (χ1) is 6.77. The van der Waals surface area contributed by atoms with Crippen molar-refractivity contribution in [3.05, 3.63) is 29.8 Å². The fourth-order valence-electron chi connectivity index (χ4n) is 1.05. The van der Waals surface area contributed by atoms with Crippen molar-refractivity contribution in [2.24, 2.45) is 0 Å². The van der Waals surface area contributed by atoms with E-state index in [1.807, 2.05) is 31.2 Å². The van der Waals surface area contributed by atoms with E-state index in [-0.39, 0.29) is 12.7 Å². The molecule has 0 radical (unpaired) electrons. The van der Waals surface area contributed by atoms with E-state index in [0.717, 1.165) is 11.3 Å². The molecule has 1 aromatic rings. The lowest BCUT2D eigenvalue weighted by molar-refractivity contribution is 0.0707. The van der Waals surface area contributed by atoms with E-state index in [0.29, 0.717) is 6.61 Å². The Balaban J connectivity index is 2.57. The second-order valence-electron chi connectivity index (χ2n) is 3.12. The zero-order valence-corrected chi connectivity index (χ0v) is 8.56. The van der Waals surface area contributed by atoms with Gasteiger partial charge in [-0.3, -0.25) is 0 Å². The Hall–Kier alpha value is -1.06. The van der Waals surface area contributed by atoms with Crippen molar-refractivity contribution in [1.82, 2.24) is 0 Å². The molecule has 1 atom stereocenters. The molecule has 0 aliphatic heterocycles. The van der Waals surface area contributed by atoms with Crippen LogP contribution in [0.25, 0.3) is 0 Å². The van der Waals surface area contributed by atoms with Gasteiger partial charge in [-0.05, 0) is 13.0 Å². The molecular formula is C11H16O3. The van der Waals surface area contributed by atoms with Crippen molar-refractivity contribution in [3.8, 4) is 5.75 Å². The molecule has 0 aliphatic rings. The molecule has 1 aromatic carbocycles. The third-order valence-electron chi connectivity index (χ3n) is 2.02. The van der Waals surface area contributed by atoms with E-state index in [9.17, 15) is 0 Å². The number of aliphatic hydroxyl groups is 1. The minimum Gasteiger partial charge on any atom is -0.491 e. The highest BCUT2D eigenvalue weighted by molar-refractivity contribution is 5.32. The maximum atomic E-state index is 9.03. The summed E-state index contributed by atoms with van der Waals surface area (Å²) >= 11 is 0. The average Bonchev–Trinajstić information content (AvgIpc) is 2.26.